The Hall–Kier alpha value is -0.870. The lowest BCUT2D eigenvalue weighted by atomic mass is 10.1. The average molecular weight is 264 g/mol. The highest BCUT2D eigenvalue weighted by molar-refractivity contribution is 7.07. The van der Waals surface area contributed by atoms with Gasteiger partial charge in [-0.1, -0.05) is 0 Å². The highest BCUT2D eigenvalue weighted by atomic mass is 32.1. The fourth-order valence-electron chi connectivity index (χ4n) is 2.65. The number of carbonyl (C=O) groups is 1. The first-order chi connectivity index (χ1) is 8.83. The third-order valence-electron chi connectivity index (χ3n) is 3.82. The maximum Gasteiger partial charge on any atom is 0.224 e. The van der Waals surface area contributed by atoms with Gasteiger partial charge >= 0.3 is 0 Å². The van der Waals surface area contributed by atoms with Crippen LogP contribution >= 0.6 is 11.3 Å². The van der Waals surface area contributed by atoms with Crippen molar-refractivity contribution in [2.75, 3.05) is 6.54 Å². The molecule has 1 amide bonds. The van der Waals surface area contributed by atoms with E-state index in [0.717, 1.165) is 19.5 Å². The average Bonchev–Trinajstić information content (AvgIpc) is 2.87. The highest BCUT2D eigenvalue weighted by Gasteiger charge is 2.33. The maximum absolute atomic E-state index is 12.4. The lowest BCUT2D eigenvalue weighted by Gasteiger charge is -2.23. The molecule has 0 bridgehead atoms. The van der Waals surface area contributed by atoms with Crippen LogP contribution in [0.2, 0.25) is 0 Å². The van der Waals surface area contributed by atoms with Crippen LogP contribution in [0.5, 0.6) is 0 Å². The van der Waals surface area contributed by atoms with Gasteiger partial charge in [0.2, 0.25) is 5.91 Å². The topological polar surface area (TPSA) is 32.3 Å². The molecule has 2 aliphatic rings. The van der Waals surface area contributed by atoms with Crippen molar-refractivity contribution in [3.8, 4) is 0 Å². The van der Waals surface area contributed by atoms with Gasteiger partial charge < -0.3 is 10.2 Å². The van der Waals surface area contributed by atoms with Crippen LogP contribution in [0, 0.1) is 0 Å². The van der Waals surface area contributed by atoms with Crippen LogP contribution in [0.1, 0.15) is 37.7 Å². The molecule has 1 aromatic rings. The number of nitrogens with zero attached hydrogens (tertiary/aromatic N) is 1. The Bertz CT molecular complexity index is 394. The van der Waals surface area contributed by atoms with Crippen molar-refractivity contribution in [2.24, 2.45) is 0 Å². The first-order valence-electron chi connectivity index (χ1n) is 6.87. The van der Waals surface area contributed by atoms with Crippen LogP contribution in [0.15, 0.2) is 16.8 Å². The van der Waals surface area contributed by atoms with E-state index in [2.05, 4.69) is 27.0 Å². The Balaban J connectivity index is 1.60. The molecule has 1 saturated carbocycles. The summed E-state index contributed by atoms with van der Waals surface area (Å²) in [5, 5.41) is 7.65. The van der Waals surface area contributed by atoms with Gasteiger partial charge in [-0.2, -0.15) is 11.3 Å². The highest BCUT2D eigenvalue weighted by Crippen LogP contribution is 2.29. The summed E-state index contributed by atoms with van der Waals surface area (Å²) in [7, 11) is 0. The van der Waals surface area contributed by atoms with Gasteiger partial charge in [0, 0.05) is 25.0 Å². The van der Waals surface area contributed by atoms with Crippen molar-refractivity contribution < 1.29 is 4.79 Å². The molecule has 2 heterocycles. The van der Waals surface area contributed by atoms with Crippen LogP contribution in [0.3, 0.4) is 0 Å². The summed E-state index contributed by atoms with van der Waals surface area (Å²) >= 11 is 1.71. The summed E-state index contributed by atoms with van der Waals surface area (Å²) in [4.78, 5) is 14.5. The summed E-state index contributed by atoms with van der Waals surface area (Å²) in [6, 6.07) is 3.06. The van der Waals surface area contributed by atoms with Crippen molar-refractivity contribution >= 4 is 17.2 Å². The van der Waals surface area contributed by atoms with Gasteiger partial charge in [0.05, 0.1) is 0 Å². The summed E-state index contributed by atoms with van der Waals surface area (Å²) in [5.41, 5.74) is 1.28. The third-order valence-corrected chi connectivity index (χ3v) is 4.56. The van der Waals surface area contributed by atoms with E-state index in [1.54, 1.807) is 11.3 Å². The van der Waals surface area contributed by atoms with Crippen LogP contribution in [0.25, 0.3) is 0 Å². The fourth-order valence-corrected chi connectivity index (χ4v) is 3.31. The number of amides is 1. The molecule has 1 saturated heterocycles. The molecule has 1 aliphatic carbocycles. The Kier molecular flexibility index (Phi) is 3.66. The summed E-state index contributed by atoms with van der Waals surface area (Å²) in [5.74, 6) is 0.336. The van der Waals surface area contributed by atoms with E-state index in [1.807, 2.05) is 0 Å². The predicted molar refractivity (Wildman–Crippen MR) is 73.5 cm³/mol. The Morgan fingerprint density at radius 1 is 1.44 bits per heavy atom. The van der Waals surface area contributed by atoms with Gasteiger partial charge in [0.25, 0.3) is 0 Å². The predicted octanol–water partition coefficient (Wildman–Crippen LogP) is 2.38. The number of rotatable bonds is 5. The third kappa shape index (κ3) is 2.93. The van der Waals surface area contributed by atoms with Crippen molar-refractivity contribution in [3.05, 3.63) is 22.4 Å². The molecule has 1 atom stereocenters. The molecular weight excluding hydrogens is 244 g/mol. The lowest BCUT2D eigenvalue weighted by molar-refractivity contribution is -0.132. The Labute approximate surface area is 112 Å². The van der Waals surface area contributed by atoms with E-state index in [-0.39, 0.29) is 0 Å². The molecule has 1 aliphatic heterocycles. The van der Waals surface area contributed by atoms with Gasteiger partial charge in [0.15, 0.2) is 0 Å². The van der Waals surface area contributed by atoms with Crippen molar-refractivity contribution in [3.63, 3.8) is 0 Å². The summed E-state index contributed by atoms with van der Waals surface area (Å²) < 4.78 is 0. The van der Waals surface area contributed by atoms with Gasteiger partial charge in [-0.15, -0.1) is 0 Å². The van der Waals surface area contributed by atoms with Crippen molar-refractivity contribution in [1.29, 1.82) is 0 Å². The first kappa shape index (κ1) is 12.2. The van der Waals surface area contributed by atoms with E-state index in [9.17, 15) is 4.79 Å². The van der Waals surface area contributed by atoms with Crippen LogP contribution < -0.4 is 5.32 Å². The molecule has 3 rings (SSSR count). The molecule has 1 aromatic heterocycles. The van der Waals surface area contributed by atoms with Crippen LogP contribution in [0.4, 0.5) is 0 Å². The normalized spacial score (nSPS) is 23.2. The molecule has 18 heavy (non-hydrogen) atoms. The van der Waals surface area contributed by atoms with E-state index < -0.39 is 0 Å². The lowest BCUT2D eigenvalue weighted by Crippen LogP contribution is -2.36. The van der Waals surface area contributed by atoms with Gasteiger partial charge in [-0.3, -0.25) is 4.79 Å². The molecule has 1 N–H and O–H groups in total. The molecule has 1 unspecified atom stereocenters. The second kappa shape index (κ2) is 5.41. The summed E-state index contributed by atoms with van der Waals surface area (Å²) in [6.07, 6.45) is 5.43. The van der Waals surface area contributed by atoms with Crippen molar-refractivity contribution in [1.82, 2.24) is 10.2 Å². The smallest absolute Gasteiger partial charge is 0.224 e. The van der Waals surface area contributed by atoms with Gasteiger partial charge in [-0.25, -0.2) is 0 Å². The van der Waals surface area contributed by atoms with E-state index >= 15 is 0 Å². The number of thiophene rings is 1. The number of nitrogens with one attached hydrogen (secondary N) is 1. The monoisotopic (exact) mass is 264 g/mol. The SMILES string of the molecule is O=C(CC1CCCN1)N(Cc1ccsc1)C1CC1. The number of carbonyl (C=O) groups excluding carboxylic acids is 1. The van der Waals surface area contributed by atoms with Crippen LogP contribution in [-0.2, 0) is 11.3 Å². The number of hydrogen-bond acceptors (Lipinski definition) is 3. The fraction of sp³-hybridized carbons (Fsp3) is 0.643. The first-order valence-corrected chi connectivity index (χ1v) is 7.81. The molecule has 98 valence electrons. The minimum Gasteiger partial charge on any atom is -0.335 e. The van der Waals surface area contributed by atoms with Crippen LogP contribution in [-0.4, -0.2) is 29.4 Å². The molecular formula is C14H20N2OS. The van der Waals surface area contributed by atoms with Gasteiger partial charge in [-0.05, 0) is 54.6 Å². The largest absolute Gasteiger partial charge is 0.335 e. The van der Waals surface area contributed by atoms with Crippen molar-refractivity contribution in [2.45, 2.75) is 50.7 Å². The second-order valence-corrected chi connectivity index (χ2v) is 6.16. The van der Waals surface area contributed by atoms with E-state index in [1.165, 1.54) is 24.8 Å². The van der Waals surface area contributed by atoms with E-state index in [4.69, 9.17) is 0 Å². The summed E-state index contributed by atoms with van der Waals surface area (Å²) in [6.45, 7) is 1.88. The zero-order valence-electron chi connectivity index (χ0n) is 10.6. The Morgan fingerprint density at radius 2 is 2.33 bits per heavy atom. The minimum absolute atomic E-state index is 0.336. The van der Waals surface area contributed by atoms with Gasteiger partial charge in [0.1, 0.15) is 0 Å². The standard InChI is InChI=1S/C14H20N2OS/c17-14(8-12-2-1-6-15-12)16(13-3-4-13)9-11-5-7-18-10-11/h5,7,10,12-13,15H,1-4,6,8-9H2. The maximum atomic E-state index is 12.4. The molecule has 0 aromatic carbocycles. The zero-order valence-corrected chi connectivity index (χ0v) is 11.4. The van der Waals surface area contributed by atoms with E-state index in [0.29, 0.717) is 24.4 Å². The molecule has 4 heteroatoms. The minimum atomic E-state index is 0.336. The molecule has 0 spiro atoms. The molecule has 0 radical (unpaired) electrons. The zero-order chi connectivity index (χ0) is 12.4. The molecule has 3 nitrogen and oxygen atoms in total. The Morgan fingerprint density at radius 3 is 2.94 bits per heavy atom. The number of hydrogen-bond donors (Lipinski definition) is 1. The second-order valence-electron chi connectivity index (χ2n) is 5.38. The molecule has 2 fully saturated rings. The quantitative estimate of drug-likeness (QED) is 0.885.